The van der Waals surface area contributed by atoms with Gasteiger partial charge in [0.25, 0.3) is 0 Å². The summed E-state index contributed by atoms with van der Waals surface area (Å²) in [6.07, 6.45) is 1.95. The molecule has 3 heteroatoms. The zero-order chi connectivity index (χ0) is 10.1. The zero-order valence-electron chi connectivity index (χ0n) is 8.03. The first-order valence-corrected chi connectivity index (χ1v) is 5.53. The predicted molar refractivity (Wildman–Crippen MR) is 58.4 cm³/mol. The zero-order valence-corrected chi connectivity index (χ0v) is 9.62. The summed E-state index contributed by atoms with van der Waals surface area (Å²) in [6.45, 7) is 0. The molecule has 2 nitrogen and oxygen atoms in total. The Bertz CT molecular complexity index is 334. The van der Waals surface area contributed by atoms with Gasteiger partial charge in [0.2, 0.25) is 0 Å². The Kier molecular flexibility index (Phi) is 2.79. The van der Waals surface area contributed by atoms with Crippen LogP contribution in [0.4, 0.5) is 0 Å². The molecule has 0 radical (unpaired) electrons. The summed E-state index contributed by atoms with van der Waals surface area (Å²) in [5, 5.41) is 9.93. The van der Waals surface area contributed by atoms with E-state index in [9.17, 15) is 5.11 Å². The van der Waals surface area contributed by atoms with E-state index in [2.05, 4.69) is 15.9 Å². The first-order chi connectivity index (χ1) is 6.72. The fraction of sp³-hybridized carbons (Fsp3) is 0.455. The van der Waals surface area contributed by atoms with Crippen LogP contribution >= 0.6 is 15.9 Å². The number of hydrogen-bond donors (Lipinski definition) is 1. The summed E-state index contributed by atoms with van der Waals surface area (Å²) < 4.78 is 6.02. The van der Waals surface area contributed by atoms with Gasteiger partial charge in [0.05, 0.1) is 13.2 Å². The normalized spacial score (nSPS) is 17.9. The van der Waals surface area contributed by atoms with Crippen molar-refractivity contribution < 1.29 is 9.84 Å². The summed E-state index contributed by atoms with van der Waals surface area (Å²) >= 11 is 3.44. The van der Waals surface area contributed by atoms with Gasteiger partial charge >= 0.3 is 0 Å². The van der Waals surface area contributed by atoms with Crippen molar-refractivity contribution in [3.05, 3.63) is 28.2 Å². The molecule has 0 aliphatic heterocycles. The third-order valence-electron chi connectivity index (χ3n) is 2.59. The van der Waals surface area contributed by atoms with E-state index in [1.165, 1.54) is 0 Å². The molecule has 1 unspecified atom stereocenters. The predicted octanol–water partition coefficient (Wildman–Crippen LogP) is 2.90. The number of ether oxygens (including phenoxy) is 1. The van der Waals surface area contributed by atoms with Crippen LogP contribution in [0.1, 0.15) is 24.5 Å². The molecule has 1 aromatic carbocycles. The minimum absolute atomic E-state index is 0.324. The van der Waals surface area contributed by atoms with Crippen molar-refractivity contribution in [2.45, 2.75) is 18.9 Å². The Balaban J connectivity index is 2.24. The van der Waals surface area contributed by atoms with Gasteiger partial charge in [-0.25, -0.2) is 0 Å². The van der Waals surface area contributed by atoms with Crippen molar-refractivity contribution in [2.24, 2.45) is 5.92 Å². The van der Waals surface area contributed by atoms with Crippen LogP contribution in [-0.4, -0.2) is 12.2 Å². The second-order valence-electron chi connectivity index (χ2n) is 3.67. The van der Waals surface area contributed by atoms with Gasteiger partial charge in [-0.1, -0.05) is 22.0 Å². The van der Waals surface area contributed by atoms with Crippen molar-refractivity contribution in [3.63, 3.8) is 0 Å². The Morgan fingerprint density at radius 2 is 2.21 bits per heavy atom. The van der Waals surface area contributed by atoms with Crippen LogP contribution in [0.25, 0.3) is 0 Å². The third kappa shape index (κ3) is 1.93. The molecular weight excluding hydrogens is 244 g/mol. The van der Waals surface area contributed by atoms with Crippen LogP contribution in [-0.2, 0) is 0 Å². The Labute approximate surface area is 92.0 Å². The fourth-order valence-corrected chi connectivity index (χ4v) is 2.13. The number of benzene rings is 1. The third-order valence-corrected chi connectivity index (χ3v) is 3.28. The molecule has 1 aliphatic carbocycles. The summed E-state index contributed by atoms with van der Waals surface area (Å²) in [5.41, 5.74) is 0.966. The maximum Gasteiger partial charge on any atom is 0.120 e. The van der Waals surface area contributed by atoms with Crippen molar-refractivity contribution in [1.29, 1.82) is 0 Å². The maximum absolute atomic E-state index is 9.93. The molecule has 14 heavy (non-hydrogen) atoms. The summed E-state index contributed by atoms with van der Waals surface area (Å²) in [6, 6.07) is 5.69. The maximum atomic E-state index is 9.93. The highest BCUT2D eigenvalue weighted by atomic mass is 79.9. The van der Waals surface area contributed by atoms with Gasteiger partial charge in [0.1, 0.15) is 5.75 Å². The SMILES string of the molecule is COc1ccc(C(O)C2CC2)c(Br)c1. The first kappa shape index (κ1) is 9.99. The van der Waals surface area contributed by atoms with E-state index in [0.717, 1.165) is 28.6 Å². The fourth-order valence-electron chi connectivity index (χ4n) is 1.54. The van der Waals surface area contributed by atoms with Crippen LogP contribution < -0.4 is 4.74 Å². The average molecular weight is 257 g/mol. The molecule has 1 fully saturated rings. The van der Waals surface area contributed by atoms with Gasteiger partial charge in [-0.05, 0) is 36.5 Å². The van der Waals surface area contributed by atoms with Crippen LogP contribution in [0.2, 0.25) is 0 Å². The van der Waals surface area contributed by atoms with E-state index in [0.29, 0.717) is 5.92 Å². The van der Waals surface area contributed by atoms with E-state index in [1.807, 2.05) is 18.2 Å². The van der Waals surface area contributed by atoms with E-state index < -0.39 is 0 Å². The molecule has 0 heterocycles. The Morgan fingerprint density at radius 1 is 1.50 bits per heavy atom. The lowest BCUT2D eigenvalue weighted by atomic mass is 10.1. The molecule has 0 aromatic heterocycles. The molecule has 0 amide bonds. The second-order valence-corrected chi connectivity index (χ2v) is 4.52. The monoisotopic (exact) mass is 256 g/mol. The standard InChI is InChI=1S/C11H13BrO2/c1-14-8-4-5-9(10(12)6-8)11(13)7-2-3-7/h4-7,11,13H,2-3H2,1H3. The summed E-state index contributed by atoms with van der Waals surface area (Å²) in [4.78, 5) is 0. The van der Waals surface area contributed by atoms with E-state index in [1.54, 1.807) is 7.11 Å². The molecule has 1 aliphatic rings. The molecule has 1 aromatic rings. The van der Waals surface area contributed by atoms with Gasteiger partial charge in [0, 0.05) is 4.47 Å². The lowest BCUT2D eigenvalue weighted by molar-refractivity contribution is 0.153. The van der Waals surface area contributed by atoms with E-state index >= 15 is 0 Å². The van der Waals surface area contributed by atoms with Crippen molar-refractivity contribution in [1.82, 2.24) is 0 Å². The lowest BCUT2D eigenvalue weighted by Crippen LogP contribution is -2.00. The van der Waals surface area contributed by atoms with Gasteiger partial charge in [-0.15, -0.1) is 0 Å². The van der Waals surface area contributed by atoms with Gasteiger partial charge in [-0.2, -0.15) is 0 Å². The number of aliphatic hydroxyl groups is 1. The van der Waals surface area contributed by atoms with Gasteiger partial charge in [-0.3, -0.25) is 0 Å². The first-order valence-electron chi connectivity index (χ1n) is 4.74. The van der Waals surface area contributed by atoms with Crippen LogP contribution in [0.3, 0.4) is 0 Å². The highest BCUT2D eigenvalue weighted by molar-refractivity contribution is 9.10. The quantitative estimate of drug-likeness (QED) is 0.902. The number of aliphatic hydroxyl groups excluding tert-OH is 1. The van der Waals surface area contributed by atoms with Crippen molar-refractivity contribution >= 4 is 15.9 Å². The van der Waals surface area contributed by atoms with Gasteiger partial charge in [0.15, 0.2) is 0 Å². The molecule has 1 saturated carbocycles. The number of hydrogen-bond acceptors (Lipinski definition) is 2. The number of methoxy groups -OCH3 is 1. The summed E-state index contributed by atoms with van der Waals surface area (Å²) in [5.74, 6) is 1.27. The Morgan fingerprint density at radius 3 is 2.71 bits per heavy atom. The van der Waals surface area contributed by atoms with Crippen LogP contribution in [0.15, 0.2) is 22.7 Å². The largest absolute Gasteiger partial charge is 0.497 e. The summed E-state index contributed by atoms with van der Waals surface area (Å²) in [7, 11) is 1.64. The number of rotatable bonds is 3. The second kappa shape index (κ2) is 3.91. The molecule has 76 valence electrons. The highest BCUT2D eigenvalue weighted by Crippen LogP contribution is 2.43. The Hall–Kier alpha value is -0.540. The van der Waals surface area contributed by atoms with Crippen molar-refractivity contribution in [3.8, 4) is 5.75 Å². The molecule has 1 atom stereocenters. The van der Waals surface area contributed by atoms with Crippen LogP contribution in [0.5, 0.6) is 5.75 Å². The topological polar surface area (TPSA) is 29.5 Å². The molecular formula is C11H13BrO2. The van der Waals surface area contributed by atoms with Crippen LogP contribution in [0, 0.1) is 5.92 Å². The highest BCUT2D eigenvalue weighted by Gasteiger charge is 2.31. The van der Waals surface area contributed by atoms with Crippen molar-refractivity contribution in [2.75, 3.05) is 7.11 Å². The minimum atomic E-state index is -0.324. The lowest BCUT2D eigenvalue weighted by Gasteiger charge is -2.12. The molecule has 2 rings (SSSR count). The number of halogens is 1. The smallest absolute Gasteiger partial charge is 0.120 e. The molecule has 0 bridgehead atoms. The molecule has 0 saturated heterocycles. The van der Waals surface area contributed by atoms with Gasteiger partial charge < -0.3 is 9.84 Å². The van der Waals surface area contributed by atoms with E-state index in [-0.39, 0.29) is 6.10 Å². The average Bonchev–Trinajstić information content (AvgIpc) is 3.00. The molecule has 0 spiro atoms. The van der Waals surface area contributed by atoms with E-state index in [4.69, 9.17) is 4.74 Å². The minimum Gasteiger partial charge on any atom is -0.497 e. The molecule has 1 N–H and O–H groups in total.